The summed E-state index contributed by atoms with van der Waals surface area (Å²) in [5, 5.41) is 10.6. The van der Waals surface area contributed by atoms with Crippen molar-refractivity contribution >= 4 is 34.7 Å². The number of thiophene rings is 1. The van der Waals surface area contributed by atoms with Crippen LogP contribution in [0.15, 0.2) is 45.4 Å². The van der Waals surface area contributed by atoms with Gasteiger partial charge in [0.25, 0.3) is 11.1 Å². The molecule has 2 heterocycles. The fraction of sp³-hybridized carbons (Fsp3) is 0.143. The minimum Gasteiger partial charge on any atom is -0.410 e. The van der Waals surface area contributed by atoms with Gasteiger partial charge < -0.3 is 4.42 Å². The van der Waals surface area contributed by atoms with Crippen LogP contribution in [0.4, 0.5) is 4.39 Å². The first kappa shape index (κ1) is 14.6. The first-order valence-electron chi connectivity index (χ1n) is 6.12. The van der Waals surface area contributed by atoms with Crippen LogP contribution in [0, 0.1) is 5.82 Å². The van der Waals surface area contributed by atoms with Gasteiger partial charge in [0, 0.05) is 5.25 Å². The number of benzene rings is 1. The molecular formula is C14H10ClFN2OS2. The molecule has 3 nitrogen and oxygen atoms in total. The Hall–Kier alpha value is -1.37. The second-order valence-electron chi connectivity index (χ2n) is 4.28. The summed E-state index contributed by atoms with van der Waals surface area (Å²) in [5.41, 5.74) is 0.905. The van der Waals surface area contributed by atoms with Crippen molar-refractivity contribution in [3.8, 4) is 10.8 Å². The van der Waals surface area contributed by atoms with E-state index in [1.807, 2.05) is 24.4 Å². The minimum absolute atomic E-state index is 0.0275. The number of hydrogen-bond donors (Lipinski definition) is 0. The van der Waals surface area contributed by atoms with Crippen LogP contribution in [-0.4, -0.2) is 10.2 Å². The van der Waals surface area contributed by atoms with E-state index in [2.05, 4.69) is 10.2 Å². The van der Waals surface area contributed by atoms with Gasteiger partial charge in [0.2, 0.25) is 0 Å². The lowest BCUT2D eigenvalue weighted by Gasteiger charge is -2.09. The van der Waals surface area contributed by atoms with Crippen molar-refractivity contribution in [3.63, 3.8) is 0 Å². The molecule has 1 aromatic carbocycles. The molecular weight excluding hydrogens is 331 g/mol. The Morgan fingerprint density at radius 1 is 1.33 bits per heavy atom. The van der Waals surface area contributed by atoms with Crippen LogP contribution in [0.2, 0.25) is 5.02 Å². The smallest absolute Gasteiger partial charge is 0.277 e. The van der Waals surface area contributed by atoms with Crippen molar-refractivity contribution in [3.05, 3.63) is 52.1 Å². The van der Waals surface area contributed by atoms with Crippen LogP contribution in [0.1, 0.15) is 17.7 Å². The summed E-state index contributed by atoms with van der Waals surface area (Å²) in [6.07, 6.45) is 0. The van der Waals surface area contributed by atoms with Crippen molar-refractivity contribution in [2.45, 2.75) is 17.4 Å². The average molecular weight is 341 g/mol. The van der Waals surface area contributed by atoms with Crippen molar-refractivity contribution < 1.29 is 8.81 Å². The highest BCUT2D eigenvalue weighted by Crippen LogP contribution is 2.36. The van der Waals surface area contributed by atoms with Gasteiger partial charge in [-0.05, 0) is 36.1 Å². The number of rotatable bonds is 4. The fourth-order valence-electron chi connectivity index (χ4n) is 1.74. The summed E-state index contributed by atoms with van der Waals surface area (Å²) < 4.78 is 18.8. The van der Waals surface area contributed by atoms with Gasteiger partial charge in [-0.2, -0.15) is 0 Å². The van der Waals surface area contributed by atoms with E-state index in [9.17, 15) is 4.39 Å². The highest BCUT2D eigenvalue weighted by atomic mass is 35.5. The van der Waals surface area contributed by atoms with E-state index in [1.165, 1.54) is 17.8 Å². The summed E-state index contributed by atoms with van der Waals surface area (Å²) in [7, 11) is 0. The second-order valence-corrected chi connectivity index (χ2v) is 6.93. The molecule has 0 bridgehead atoms. The number of thioether (sulfide) groups is 1. The Labute approximate surface area is 134 Å². The topological polar surface area (TPSA) is 38.9 Å². The van der Waals surface area contributed by atoms with E-state index >= 15 is 0 Å². The quantitative estimate of drug-likeness (QED) is 0.592. The third kappa shape index (κ3) is 3.28. The second kappa shape index (κ2) is 6.17. The first-order chi connectivity index (χ1) is 10.1. The molecule has 1 atom stereocenters. The zero-order valence-corrected chi connectivity index (χ0v) is 13.3. The molecule has 3 rings (SSSR count). The van der Waals surface area contributed by atoms with E-state index in [0.717, 1.165) is 10.4 Å². The first-order valence-corrected chi connectivity index (χ1v) is 8.26. The number of hydrogen-bond acceptors (Lipinski definition) is 5. The minimum atomic E-state index is -0.421. The highest BCUT2D eigenvalue weighted by Gasteiger charge is 2.15. The molecule has 1 unspecified atom stereocenters. The molecule has 21 heavy (non-hydrogen) atoms. The van der Waals surface area contributed by atoms with E-state index < -0.39 is 5.82 Å². The van der Waals surface area contributed by atoms with Gasteiger partial charge in [-0.25, -0.2) is 4.39 Å². The summed E-state index contributed by atoms with van der Waals surface area (Å²) in [4.78, 5) is 0.937. The largest absolute Gasteiger partial charge is 0.410 e. The Kier molecular flexibility index (Phi) is 4.28. The standard InChI is InChI=1S/C14H10ClFN2OS2/c1-8(9-4-5-11(16)10(15)7-9)21-14-18-17-13(19-14)12-3-2-6-20-12/h2-8H,1H3. The third-order valence-electron chi connectivity index (χ3n) is 2.83. The Balaban J connectivity index is 1.75. The lowest BCUT2D eigenvalue weighted by molar-refractivity contribution is 0.466. The molecule has 0 fully saturated rings. The molecule has 0 radical (unpaired) electrons. The van der Waals surface area contributed by atoms with E-state index in [-0.39, 0.29) is 10.3 Å². The van der Waals surface area contributed by atoms with Gasteiger partial charge >= 0.3 is 0 Å². The van der Waals surface area contributed by atoms with E-state index in [4.69, 9.17) is 16.0 Å². The number of nitrogens with zero attached hydrogens (tertiary/aromatic N) is 2. The molecule has 0 saturated heterocycles. The lowest BCUT2D eigenvalue weighted by atomic mass is 10.2. The molecule has 0 spiro atoms. The van der Waals surface area contributed by atoms with Crippen LogP contribution in [-0.2, 0) is 0 Å². The van der Waals surface area contributed by atoms with Gasteiger partial charge in [0.05, 0.1) is 9.90 Å². The zero-order valence-electron chi connectivity index (χ0n) is 10.9. The van der Waals surface area contributed by atoms with Gasteiger partial charge in [-0.15, -0.1) is 21.5 Å². The lowest BCUT2D eigenvalue weighted by Crippen LogP contribution is -1.90. The fourth-order valence-corrected chi connectivity index (χ4v) is 3.38. The summed E-state index contributed by atoms with van der Waals surface area (Å²) >= 11 is 8.75. The van der Waals surface area contributed by atoms with Crippen LogP contribution in [0.25, 0.3) is 10.8 Å². The van der Waals surface area contributed by atoms with Crippen molar-refractivity contribution in [1.29, 1.82) is 0 Å². The third-order valence-corrected chi connectivity index (χ3v) is 4.97. The summed E-state index contributed by atoms with van der Waals surface area (Å²) in [6, 6.07) is 8.54. The van der Waals surface area contributed by atoms with Crippen LogP contribution in [0.3, 0.4) is 0 Å². The van der Waals surface area contributed by atoms with E-state index in [0.29, 0.717) is 11.1 Å². The molecule has 0 amide bonds. The van der Waals surface area contributed by atoms with Crippen molar-refractivity contribution in [1.82, 2.24) is 10.2 Å². The van der Waals surface area contributed by atoms with Gasteiger partial charge in [0.1, 0.15) is 5.82 Å². The van der Waals surface area contributed by atoms with E-state index in [1.54, 1.807) is 23.5 Å². The molecule has 2 aromatic heterocycles. The summed E-state index contributed by atoms with van der Waals surface area (Å²) in [5.74, 6) is 0.0900. The average Bonchev–Trinajstić information content (AvgIpc) is 3.12. The maximum Gasteiger partial charge on any atom is 0.277 e. The molecule has 108 valence electrons. The van der Waals surface area contributed by atoms with Crippen LogP contribution < -0.4 is 0 Å². The van der Waals surface area contributed by atoms with Gasteiger partial charge in [0.15, 0.2) is 0 Å². The van der Waals surface area contributed by atoms with Gasteiger partial charge in [-0.1, -0.05) is 35.5 Å². The monoisotopic (exact) mass is 340 g/mol. The Bertz CT molecular complexity index is 745. The molecule has 0 saturated carbocycles. The predicted molar refractivity (Wildman–Crippen MR) is 83.3 cm³/mol. The summed E-state index contributed by atoms with van der Waals surface area (Å²) in [6.45, 7) is 1.98. The number of aromatic nitrogens is 2. The Morgan fingerprint density at radius 3 is 2.90 bits per heavy atom. The molecule has 3 aromatic rings. The molecule has 0 aliphatic carbocycles. The Morgan fingerprint density at radius 2 is 2.19 bits per heavy atom. The number of halogens is 2. The maximum absolute atomic E-state index is 13.2. The normalized spacial score (nSPS) is 12.5. The SMILES string of the molecule is CC(Sc1nnc(-c2cccs2)o1)c1ccc(F)c(Cl)c1. The predicted octanol–water partition coefficient (Wildman–Crippen LogP) is 5.44. The van der Waals surface area contributed by atoms with Crippen molar-refractivity contribution in [2.24, 2.45) is 0 Å². The van der Waals surface area contributed by atoms with Crippen LogP contribution in [0.5, 0.6) is 0 Å². The molecule has 0 N–H and O–H groups in total. The van der Waals surface area contributed by atoms with Gasteiger partial charge in [-0.3, -0.25) is 0 Å². The molecule has 0 aliphatic rings. The zero-order chi connectivity index (χ0) is 14.8. The van der Waals surface area contributed by atoms with Crippen molar-refractivity contribution in [2.75, 3.05) is 0 Å². The maximum atomic E-state index is 13.2. The molecule has 7 heteroatoms. The van der Waals surface area contributed by atoms with Crippen LogP contribution >= 0.6 is 34.7 Å². The molecule has 0 aliphatic heterocycles. The highest BCUT2D eigenvalue weighted by molar-refractivity contribution is 7.99.